The largest absolute Gasteiger partial charge is 0.377 e. The summed E-state index contributed by atoms with van der Waals surface area (Å²) < 4.78 is 5.49. The van der Waals surface area contributed by atoms with Gasteiger partial charge in [0, 0.05) is 19.1 Å². The van der Waals surface area contributed by atoms with E-state index in [9.17, 15) is 0 Å². The number of likely N-dealkylation sites (N-methyl/N-ethyl adjacent to an activating group) is 1. The van der Waals surface area contributed by atoms with Crippen LogP contribution in [0.15, 0.2) is 0 Å². The molecule has 0 aromatic carbocycles. The predicted octanol–water partition coefficient (Wildman–Crippen LogP) is 1.62. The second-order valence-electron chi connectivity index (χ2n) is 5.01. The Hall–Kier alpha value is -0.630. The Bertz CT molecular complexity index is 223. The molecule has 0 radical (unpaired) electrons. The molecule has 0 saturated carbocycles. The number of nitrogens with one attached hydrogen (secondary N) is 1. The van der Waals surface area contributed by atoms with Crippen molar-refractivity contribution in [2.45, 2.75) is 52.3 Å². The molecule has 0 fully saturated rings. The minimum Gasteiger partial charge on any atom is -0.377 e. The number of ether oxygens (including phenoxy) is 1. The van der Waals surface area contributed by atoms with Crippen LogP contribution < -0.4 is 5.32 Å². The van der Waals surface area contributed by atoms with Crippen molar-refractivity contribution in [2.24, 2.45) is 0 Å². The summed E-state index contributed by atoms with van der Waals surface area (Å²) in [7, 11) is 2.06. The molecule has 0 bridgehead atoms. The summed E-state index contributed by atoms with van der Waals surface area (Å²) in [4.78, 5) is 2.20. The van der Waals surface area contributed by atoms with Crippen LogP contribution >= 0.6 is 0 Å². The molecule has 0 aliphatic heterocycles. The zero-order valence-corrected chi connectivity index (χ0v) is 11.9. The van der Waals surface area contributed by atoms with Crippen molar-refractivity contribution in [1.29, 1.82) is 5.26 Å². The van der Waals surface area contributed by atoms with Crippen molar-refractivity contribution >= 4 is 0 Å². The lowest BCUT2D eigenvalue weighted by atomic mass is 10.2. The van der Waals surface area contributed by atoms with Crippen molar-refractivity contribution < 1.29 is 4.74 Å². The molecule has 4 heteroatoms. The molecule has 17 heavy (non-hydrogen) atoms. The maximum atomic E-state index is 8.98. The molecular formula is C13H27N3O. The fourth-order valence-electron chi connectivity index (χ4n) is 1.49. The van der Waals surface area contributed by atoms with Crippen LogP contribution in [-0.2, 0) is 4.74 Å². The average molecular weight is 241 g/mol. The molecule has 1 atom stereocenters. The van der Waals surface area contributed by atoms with Gasteiger partial charge in [0.2, 0.25) is 0 Å². The first-order chi connectivity index (χ1) is 7.95. The van der Waals surface area contributed by atoms with Crippen molar-refractivity contribution in [2.75, 3.05) is 26.7 Å². The van der Waals surface area contributed by atoms with Crippen LogP contribution in [0.5, 0.6) is 0 Å². The highest BCUT2D eigenvalue weighted by Crippen LogP contribution is 1.96. The highest BCUT2D eigenvalue weighted by molar-refractivity contribution is 4.90. The lowest BCUT2D eigenvalue weighted by Gasteiger charge is -2.20. The molecule has 0 amide bonds. The minimum absolute atomic E-state index is 0.0523. The van der Waals surface area contributed by atoms with E-state index in [0.717, 1.165) is 26.1 Å². The fraction of sp³-hybridized carbons (Fsp3) is 0.923. The van der Waals surface area contributed by atoms with Gasteiger partial charge in [-0.2, -0.15) is 5.26 Å². The molecule has 0 spiro atoms. The van der Waals surface area contributed by atoms with Crippen LogP contribution in [0.3, 0.4) is 0 Å². The van der Waals surface area contributed by atoms with Crippen LogP contribution in [0, 0.1) is 11.3 Å². The van der Waals surface area contributed by atoms with Crippen LogP contribution in [0.25, 0.3) is 0 Å². The average Bonchev–Trinajstić information content (AvgIpc) is 2.23. The summed E-state index contributed by atoms with van der Waals surface area (Å²) in [6.07, 6.45) is 1.14. The first kappa shape index (κ1) is 16.4. The number of hydrogen-bond acceptors (Lipinski definition) is 4. The van der Waals surface area contributed by atoms with Gasteiger partial charge in [-0.1, -0.05) is 0 Å². The lowest BCUT2D eigenvalue weighted by Crippen LogP contribution is -2.37. The normalized spacial score (nSPS) is 13.4. The Balaban J connectivity index is 3.67. The third-order valence-corrected chi connectivity index (χ3v) is 2.41. The van der Waals surface area contributed by atoms with Crippen LogP contribution in [0.2, 0.25) is 0 Å². The van der Waals surface area contributed by atoms with Crippen LogP contribution in [-0.4, -0.2) is 49.8 Å². The highest BCUT2D eigenvalue weighted by atomic mass is 16.5. The number of nitriles is 1. The lowest BCUT2D eigenvalue weighted by molar-refractivity contribution is 0.0634. The van der Waals surface area contributed by atoms with E-state index in [0.29, 0.717) is 6.04 Å². The Kier molecular flexibility index (Phi) is 9.06. The number of nitrogens with zero attached hydrogens (tertiary/aromatic N) is 2. The molecular weight excluding hydrogens is 214 g/mol. The van der Waals surface area contributed by atoms with Gasteiger partial charge in [0.1, 0.15) is 0 Å². The molecule has 4 nitrogen and oxygen atoms in total. The van der Waals surface area contributed by atoms with E-state index in [-0.39, 0.29) is 12.1 Å². The Morgan fingerprint density at radius 2 is 1.88 bits per heavy atom. The molecule has 0 aliphatic carbocycles. The van der Waals surface area contributed by atoms with Crippen molar-refractivity contribution in [1.82, 2.24) is 10.2 Å². The van der Waals surface area contributed by atoms with Gasteiger partial charge in [-0.25, -0.2) is 0 Å². The van der Waals surface area contributed by atoms with E-state index < -0.39 is 0 Å². The molecule has 0 aromatic rings. The van der Waals surface area contributed by atoms with E-state index in [1.165, 1.54) is 0 Å². The second kappa shape index (κ2) is 9.41. The summed E-state index contributed by atoms with van der Waals surface area (Å²) in [5, 5.41) is 12.2. The third kappa shape index (κ3) is 10.3. The second-order valence-corrected chi connectivity index (χ2v) is 5.01. The van der Waals surface area contributed by atoms with Gasteiger partial charge in [0.15, 0.2) is 0 Å². The van der Waals surface area contributed by atoms with Gasteiger partial charge in [-0.05, 0) is 41.2 Å². The highest BCUT2D eigenvalue weighted by Gasteiger charge is 2.09. The predicted molar refractivity (Wildman–Crippen MR) is 70.9 cm³/mol. The minimum atomic E-state index is -0.0523. The van der Waals surface area contributed by atoms with E-state index in [1.54, 1.807) is 0 Å². The number of hydrogen-bond donors (Lipinski definition) is 1. The zero-order chi connectivity index (χ0) is 13.3. The van der Waals surface area contributed by atoms with Gasteiger partial charge in [-0.3, -0.25) is 5.32 Å². The van der Waals surface area contributed by atoms with Gasteiger partial charge in [-0.15, -0.1) is 0 Å². The van der Waals surface area contributed by atoms with Crippen molar-refractivity contribution in [3.8, 4) is 6.07 Å². The van der Waals surface area contributed by atoms with Gasteiger partial charge in [0.05, 0.1) is 24.8 Å². The zero-order valence-electron chi connectivity index (χ0n) is 11.9. The molecule has 0 aliphatic rings. The van der Waals surface area contributed by atoms with Crippen molar-refractivity contribution in [3.63, 3.8) is 0 Å². The standard InChI is InChI=1S/C13H27N3O/c1-11(2)15-13(10-14)6-7-16(5)8-9-17-12(3)4/h11-13,15H,6-9H2,1-5H3. The van der Waals surface area contributed by atoms with E-state index in [4.69, 9.17) is 10.00 Å². The SMILES string of the molecule is CC(C)NC(C#N)CCN(C)CCOC(C)C. The summed E-state index contributed by atoms with van der Waals surface area (Å²) >= 11 is 0. The summed E-state index contributed by atoms with van der Waals surface area (Å²) in [6.45, 7) is 10.8. The third-order valence-electron chi connectivity index (χ3n) is 2.41. The Labute approximate surface area is 106 Å². The van der Waals surface area contributed by atoms with E-state index in [1.807, 2.05) is 13.8 Å². The monoisotopic (exact) mass is 241 g/mol. The van der Waals surface area contributed by atoms with Gasteiger partial charge >= 0.3 is 0 Å². The van der Waals surface area contributed by atoms with Gasteiger partial charge < -0.3 is 9.64 Å². The van der Waals surface area contributed by atoms with Crippen LogP contribution in [0.4, 0.5) is 0 Å². The molecule has 1 N–H and O–H groups in total. The molecule has 0 rings (SSSR count). The molecule has 0 heterocycles. The first-order valence-corrected chi connectivity index (χ1v) is 6.41. The molecule has 100 valence electrons. The maximum absolute atomic E-state index is 8.98. The summed E-state index contributed by atoms with van der Waals surface area (Å²) in [5.41, 5.74) is 0. The molecule has 0 aromatic heterocycles. The van der Waals surface area contributed by atoms with Crippen LogP contribution in [0.1, 0.15) is 34.1 Å². The Morgan fingerprint density at radius 3 is 2.35 bits per heavy atom. The smallest absolute Gasteiger partial charge is 0.0967 e. The van der Waals surface area contributed by atoms with E-state index in [2.05, 4.69) is 37.2 Å². The number of rotatable bonds is 9. The van der Waals surface area contributed by atoms with E-state index >= 15 is 0 Å². The molecule has 0 saturated heterocycles. The molecule has 1 unspecified atom stereocenters. The van der Waals surface area contributed by atoms with Crippen molar-refractivity contribution in [3.05, 3.63) is 0 Å². The summed E-state index contributed by atoms with van der Waals surface area (Å²) in [5.74, 6) is 0. The maximum Gasteiger partial charge on any atom is 0.0967 e. The quantitative estimate of drug-likeness (QED) is 0.666. The topological polar surface area (TPSA) is 48.3 Å². The summed E-state index contributed by atoms with van der Waals surface area (Å²) in [6, 6.07) is 2.60. The fourth-order valence-corrected chi connectivity index (χ4v) is 1.49. The Morgan fingerprint density at radius 1 is 1.24 bits per heavy atom. The first-order valence-electron chi connectivity index (χ1n) is 6.41. The van der Waals surface area contributed by atoms with Gasteiger partial charge in [0.25, 0.3) is 0 Å².